The molecule has 0 saturated heterocycles. The summed E-state index contributed by atoms with van der Waals surface area (Å²) >= 11 is 0. The number of aliphatic hydroxyl groups excluding tert-OH is 4. The third-order valence-corrected chi connectivity index (χ3v) is 6.97. The van der Waals surface area contributed by atoms with Crippen LogP contribution in [0.15, 0.2) is 48.5 Å². The fourth-order valence-electron chi connectivity index (χ4n) is 4.35. The summed E-state index contributed by atoms with van der Waals surface area (Å²) in [6, 6.07) is 15.1. The second kappa shape index (κ2) is 9.76. The molecule has 0 atom stereocenters. The zero-order chi connectivity index (χ0) is 25.3. The van der Waals surface area contributed by atoms with Gasteiger partial charge in [-0.1, -0.05) is 52.0 Å². The van der Waals surface area contributed by atoms with Crippen LogP contribution >= 0.6 is 0 Å². The van der Waals surface area contributed by atoms with E-state index in [0.717, 1.165) is 22.3 Å². The fraction of sp³-hybridized carbons (Fsp3) is 0.357. The quantitative estimate of drug-likeness (QED) is 0.301. The standard InChI is InChI=1S/C28H34O6/c1-27(2,23-8-17(13-29)25(33)18(9-23)14-30)21-6-5-7-22(12-21)28(3,4)24-10-19(15-31)26(34)20(11-24)16-32/h5-12,29-34H,13-16H2,1-4H3. The van der Waals surface area contributed by atoms with Crippen molar-refractivity contribution in [3.05, 3.63) is 93.0 Å². The van der Waals surface area contributed by atoms with E-state index in [1.165, 1.54) is 0 Å². The third-order valence-electron chi connectivity index (χ3n) is 6.97. The molecule has 0 saturated carbocycles. The summed E-state index contributed by atoms with van der Waals surface area (Å²) in [5, 5.41) is 59.3. The molecule has 0 unspecified atom stereocenters. The van der Waals surface area contributed by atoms with Gasteiger partial charge in [0.15, 0.2) is 0 Å². The lowest BCUT2D eigenvalue weighted by atomic mass is 9.72. The van der Waals surface area contributed by atoms with E-state index in [-0.39, 0.29) is 37.9 Å². The van der Waals surface area contributed by atoms with Crippen LogP contribution < -0.4 is 0 Å². The summed E-state index contributed by atoms with van der Waals surface area (Å²) in [4.78, 5) is 0. The minimum Gasteiger partial charge on any atom is -0.507 e. The van der Waals surface area contributed by atoms with Crippen molar-refractivity contribution < 1.29 is 30.6 Å². The molecule has 34 heavy (non-hydrogen) atoms. The highest BCUT2D eigenvalue weighted by Gasteiger charge is 2.30. The average molecular weight is 467 g/mol. The Morgan fingerprint density at radius 2 is 0.794 bits per heavy atom. The van der Waals surface area contributed by atoms with Gasteiger partial charge in [-0.2, -0.15) is 0 Å². The molecule has 6 heteroatoms. The minimum atomic E-state index is -0.505. The molecule has 0 aliphatic heterocycles. The van der Waals surface area contributed by atoms with Gasteiger partial charge in [0.25, 0.3) is 0 Å². The summed E-state index contributed by atoms with van der Waals surface area (Å²) in [6.07, 6.45) is 0. The van der Waals surface area contributed by atoms with Crippen molar-refractivity contribution in [2.75, 3.05) is 0 Å². The molecule has 3 rings (SSSR count). The summed E-state index contributed by atoms with van der Waals surface area (Å²) in [5.74, 6) is -0.183. The first kappa shape index (κ1) is 25.7. The Labute approximate surface area is 200 Å². The van der Waals surface area contributed by atoms with Crippen molar-refractivity contribution in [1.29, 1.82) is 0 Å². The van der Waals surface area contributed by atoms with Gasteiger partial charge >= 0.3 is 0 Å². The van der Waals surface area contributed by atoms with E-state index >= 15 is 0 Å². The Kier molecular flexibility index (Phi) is 7.38. The maximum absolute atomic E-state index is 10.3. The predicted molar refractivity (Wildman–Crippen MR) is 131 cm³/mol. The Hall–Kier alpha value is -2.90. The molecule has 0 amide bonds. The number of aliphatic hydroxyl groups is 4. The van der Waals surface area contributed by atoms with Crippen LogP contribution in [-0.4, -0.2) is 30.6 Å². The molecule has 0 bridgehead atoms. The number of benzene rings is 3. The van der Waals surface area contributed by atoms with E-state index in [1.807, 2.05) is 45.9 Å². The van der Waals surface area contributed by atoms with Crippen LogP contribution in [0.1, 0.15) is 72.2 Å². The zero-order valence-corrected chi connectivity index (χ0v) is 20.1. The number of hydrogen-bond acceptors (Lipinski definition) is 6. The Balaban J connectivity index is 2.12. The largest absolute Gasteiger partial charge is 0.507 e. The van der Waals surface area contributed by atoms with Crippen molar-refractivity contribution in [2.45, 2.75) is 65.0 Å². The summed E-state index contributed by atoms with van der Waals surface area (Å²) < 4.78 is 0. The third kappa shape index (κ3) is 4.55. The lowest BCUT2D eigenvalue weighted by Crippen LogP contribution is -2.23. The first-order valence-corrected chi connectivity index (χ1v) is 11.3. The Morgan fingerprint density at radius 1 is 0.500 bits per heavy atom. The van der Waals surface area contributed by atoms with Gasteiger partial charge in [-0.25, -0.2) is 0 Å². The van der Waals surface area contributed by atoms with Gasteiger partial charge in [0.1, 0.15) is 11.5 Å². The fourth-order valence-corrected chi connectivity index (χ4v) is 4.35. The van der Waals surface area contributed by atoms with E-state index in [2.05, 4.69) is 6.07 Å². The van der Waals surface area contributed by atoms with E-state index in [0.29, 0.717) is 22.3 Å². The Bertz CT molecular complexity index is 1040. The average Bonchev–Trinajstić information content (AvgIpc) is 2.84. The SMILES string of the molecule is CC(C)(c1cccc(C(C)(C)c2cc(CO)c(O)c(CO)c2)c1)c1cc(CO)c(O)c(CO)c1. The van der Waals surface area contributed by atoms with Gasteiger partial charge < -0.3 is 30.6 Å². The maximum atomic E-state index is 10.3. The van der Waals surface area contributed by atoms with Crippen molar-refractivity contribution in [3.63, 3.8) is 0 Å². The van der Waals surface area contributed by atoms with Gasteiger partial charge in [0.2, 0.25) is 0 Å². The first-order valence-electron chi connectivity index (χ1n) is 11.3. The summed E-state index contributed by atoms with van der Waals surface area (Å²) in [5.41, 5.74) is 4.15. The highest BCUT2D eigenvalue weighted by atomic mass is 16.3. The molecular formula is C28H34O6. The normalized spacial score (nSPS) is 12.2. The number of phenols is 2. The first-order chi connectivity index (χ1) is 16.0. The summed E-state index contributed by atoms with van der Waals surface area (Å²) in [7, 11) is 0. The molecule has 6 N–H and O–H groups in total. The molecule has 3 aromatic carbocycles. The van der Waals surface area contributed by atoms with Crippen LogP contribution in [0.2, 0.25) is 0 Å². The van der Waals surface area contributed by atoms with Crippen molar-refractivity contribution in [3.8, 4) is 11.5 Å². The van der Waals surface area contributed by atoms with Gasteiger partial charge in [-0.3, -0.25) is 0 Å². The minimum absolute atomic E-state index is 0.0915. The molecule has 0 heterocycles. The monoisotopic (exact) mass is 466 g/mol. The van der Waals surface area contributed by atoms with Gasteiger partial charge in [0, 0.05) is 33.1 Å². The van der Waals surface area contributed by atoms with Gasteiger partial charge in [-0.05, 0) is 46.5 Å². The Morgan fingerprint density at radius 3 is 1.06 bits per heavy atom. The van der Waals surface area contributed by atoms with Crippen molar-refractivity contribution >= 4 is 0 Å². The lowest BCUT2D eigenvalue weighted by molar-refractivity contribution is 0.262. The van der Waals surface area contributed by atoms with E-state index in [9.17, 15) is 30.6 Å². The molecule has 6 nitrogen and oxygen atoms in total. The molecule has 0 aromatic heterocycles. The topological polar surface area (TPSA) is 121 Å². The molecule has 0 aliphatic carbocycles. The number of aromatic hydroxyl groups is 2. The molecule has 0 spiro atoms. The predicted octanol–water partition coefficient (Wildman–Crippen LogP) is 3.72. The van der Waals surface area contributed by atoms with E-state index < -0.39 is 10.8 Å². The van der Waals surface area contributed by atoms with Crippen LogP contribution in [0.3, 0.4) is 0 Å². The van der Waals surface area contributed by atoms with Crippen LogP contribution in [0.5, 0.6) is 11.5 Å². The van der Waals surface area contributed by atoms with Crippen LogP contribution in [-0.2, 0) is 37.3 Å². The van der Waals surface area contributed by atoms with Crippen molar-refractivity contribution in [1.82, 2.24) is 0 Å². The number of rotatable bonds is 8. The molecule has 0 aliphatic rings. The molecule has 0 fully saturated rings. The number of hydrogen-bond donors (Lipinski definition) is 6. The van der Waals surface area contributed by atoms with Crippen LogP contribution in [0.4, 0.5) is 0 Å². The molecular weight excluding hydrogens is 432 g/mol. The molecule has 0 radical (unpaired) electrons. The second-order valence-electron chi connectivity index (χ2n) is 9.75. The second-order valence-corrected chi connectivity index (χ2v) is 9.75. The van der Waals surface area contributed by atoms with Crippen molar-refractivity contribution in [2.24, 2.45) is 0 Å². The van der Waals surface area contributed by atoms with Gasteiger partial charge in [-0.15, -0.1) is 0 Å². The molecule has 182 valence electrons. The van der Waals surface area contributed by atoms with Gasteiger partial charge in [0.05, 0.1) is 26.4 Å². The highest BCUT2D eigenvalue weighted by Crippen LogP contribution is 2.40. The highest BCUT2D eigenvalue weighted by molar-refractivity contribution is 5.52. The smallest absolute Gasteiger partial charge is 0.126 e. The maximum Gasteiger partial charge on any atom is 0.126 e. The van der Waals surface area contributed by atoms with E-state index in [4.69, 9.17) is 0 Å². The summed E-state index contributed by atoms with van der Waals surface area (Å²) in [6.45, 7) is 6.83. The molecule has 3 aromatic rings. The lowest BCUT2D eigenvalue weighted by Gasteiger charge is -2.32. The zero-order valence-electron chi connectivity index (χ0n) is 20.1. The van der Waals surface area contributed by atoms with Crippen LogP contribution in [0.25, 0.3) is 0 Å². The van der Waals surface area contributed by atoms with Crippen LogP contribution in [0, 0.1) is 0 Å². The van der Waals surface area contributed by atoms with E-state index in [1.54, 1.807) is 24.3 Å².